The van der Waals surface area contributed by atoms with Crippen LogP contribution in [0.4, 0.5) is 17.2 Å². The normalized spacial score (nSPS) is 15.2. The third-order valence-corrected chi connectivity index (χ3v) is 9.43. The lowest BCUT2D eigenvalue weighted by atomic mass is 10.2. The van der Waals surface area contributed by atoms with E-state index in [4.69, 9.17) is 27.9 Å². The molecule has 2 heterocycles. The molecule has 1 aromatic heterocycles. The van der Waals surface area contributed by atoms with E-state index in [0.29, 0.717) is 42.7 Å². The molecule has 0 radical (unpaired) electrons. The number of amides is 1. The smallest absolute Gasteiger partial charge is 0.272 e. The number of halogens is 2. The number of carbonyl (C=O) groups excluding carboxylic acids is 1. The number of nitrogens with zero attached hydrogens (tertiary/aromatic N) is 5. The molecule has 2 N–H and O–H groups in total. The number of hydrogen-bond acceptors (Lipinski definition) is 7. The molecule has 4 rings (SSSR count). The van der Waals surface area contributed by atoms with Crippen LogP contribution in [-0.4, -0.2) is 51.6 Å². The van der Waals surface area contributed by atoms with Gasteiger partial charge in [0.1, 0.15) is 11.1 Å². The quantitative estimate of drug-likeness (QED) is 0.202. The Hall–Kier alpha value is -3.46. The Bertz CT molecular complexity index is 1480. The third kappa shape index (κ3) is 6.24. The van der Waals surface area contributed by atoms with Crippen molar-refractivity contribution in [2.75, 3.05) is 36.7 Å². The number of nitrogens with one attached hydrogen (secondary N) is 2. The average Bonchev–Trinajstić information content (AvgIpc) is 3.22. The van der Waals surface area contributed by atoms with Gasteiger partial charge in [-0.1, -0.05) is 23.2 Å². The molecule has 204 valence electrons. The highest BCUT2D eigenvalue weighted by Crippen LogP contribution is 2.51. The van der Waals surface area contributed by atoms with Gasteiger partial charge in [0.05, 0.1) is 53.5 Å². The minimum atomic E-state index is -3.76. The van der Waals surface area contributed by atoms with Crippen molar-refractivity contribution in [2.45, 2.75) is 19.9 Å². The minimum Gasteiger partial charge on any atom is -0.379 e. The van der Waals surface area contributed by atoms with Crippen LogP contribution in [-0.2, 0) is 15.8 Å². The van der Waals surface area contributed by atoms with Crippen LogP contribution in [0.2, 0.25) is 10.0 Å². The van der Waals surface area contributed by atoms with Crippen LogP contribution >= 0.6 is 30.6 Å². The number of nitro groups is 1. The lowest BCUT2D eigenvalue weighted by molar-refractivity contribution is -0.384. The number of hydrogen-bond donors (Lipinski definition) is 2. The first-order valence-electron chi connectivity index (χ1n) is 11.8. The fourth-order valence-corrected chi connectivity index (χ4v) is 7.36. The molecule has 1 aliphatic heterocycles. The largest absolute Gasteiger partial charge is 0.379 e. The summed E-state index contributed by atoms with van der Waals surface area (Å²) in [5, 5.41) is 31.4. The highest BCUT2D eigenvalue weighted by atomic mass is 35.5. The molecule has 12 nitrogen and oxygen atoms in total. The fourth-order valence-electron chi connectivity index (χ4n) is 4.16. The van der Waals surface area contributed by atoms with Crippen molar-refractivity contribution in [3.05, 3.63) is 73.9 Å². The summed E-state index contributed by atoms with van der Waals surface area (Å²) in [6.45, 7) is 3.08. The molecule has 1 amide bonds. The van der Waals surface area contributed by atoms with E-state index in [1.54, 1.807) is 11.6 Å². The number of nitriles is 1. The predicted molar refractivity (Wildman–Crippen MR) is 148 cm³/mol. The summed E-state index contributed by atoms with van der Waals surface area (Å²) in [5.74, 6) is -0.442. The van der Waals surface area contributed by atoms with E-state index in [-0.39, 0.29) is 40.4 Å². The van der Waals surface area contributed by atoms with E-state index in [1.165, 1.54) is 47.1 Å². The van der Waals surface area contributed by atoms with Gasteiger partial charge in [-0.05, 0) is 37.3 Å². The highest BCUT2D eigenvalue weighted by Gasteiger charge is 2.40. The second-order valence-electron chi connectivity index (χ2n) is 8.55. The maximum atomic E-state index is 15.0. The Morgan fingerprint density at radius 1 is 1.23 bits per heavy atom. The van der Waals surface area contributed by atoms with Crippen LogP contribution < -0.4 is 15.7 Å². The first-order chi connectivity index (χ1) is 18.6. The summed E-state index contributed by atoms with van der Waals surface area (Å²) in [6, 6.07) is 12.0. The van der Waals surface area contributed by atoms with Crippen molar-refractivity contribution in [1.82, 2.24) is 14.5 Å². The number of morpholine rings is 1. The standard InChI is InChI=1S/C24H24Cl2N7O5P/c1-16-22(23(32(29-16)10-2-9-27)28-24(34)20-8-3-17(25)15-21(20)26)39(37,31-11-13-38-14-12-31)30-18-4-6-19(7-5-18)33(35)36/h3-8,15H,2,10-14H2,1H3,(H,28,34)(H,30,37)/t39-/m1/s1. The molecule has 1 saturated heterocycles. The molecule has 0 aliphatic carbocycles. The number of non-ortho nitro benzene ring substituents is 1. The van der Waals surface area contributed by atoms with Gasteiger partial charge in [0.25, 0.3) is 19.0 Å². The van der Waals surface area contributed by atoms with Gasteiger partial charge in [0.15, 0.2) is 0 Å². The van der Waals surface area contributed by atoms with Crippen molar-refractivity contribution in [2.24, 2.45) is 0 Å². The Balaban J connectivity index is 1.83. The van der Waals surface area contributed by atoms with Crippen LogP contribution in [0.25, 0.3) is 0 Å². The molecular weight excluding hydrogens is 568 g/mol. The third-order valence-electron chi connectivity index (χ3n) is 5.99. The Kier molecular flexibility index (Phi) is 8.90. The van der Waals surface area contributed by atoms with Crippen molar-refractivity contribution >= 4 is 59.0 Å². The Labute approximate surface area is 234 Å². The number of aryl methyl sites for hydroxylation is 2. The molecule has 15 heteroatoms. The van der Waals surface area contributed by atoms with Crippen molar-refractivity contribution in [1.29, 1.82) is 5.26 Å². The summed E-state index contributed by atoms with van der Waals surface area (Å²) in [7, 11) is -3.76. The van der Waals surface area contributed by atoms with E-state index in [9.17, 15) is 20.2 Å². The van der Waals surface area contributed by atoms with Gasteiger partial charge in [0.2, 0.25) is 0 Å². The molecule has 1 aliphatic rings. The Morgan fingerprint density at radius 3 is 2.54 bits per heavy atom. The van der Waals surface area contributed by atoms with Crippen LogP contribution in [0.15, 0.2) is 42.5 Å². The summed E-state index contributed by atoms with van der Waals surface area (Å²) in [6.07, 6.45) is 0.0861. The molecule has 0 saturated carbocycles. The number of aromatic nitrogens is 2. The van der Waals surface area contributed by atoms with Crippen LogP contribution in [0.1, 0.15) is 22.5 Å². The molecular formula is C24H24Cl2N7O5P. The van der Waals surface area contributed by atoms with Gasteiger partial charge in [-0.2, -0.15) is 10.4 Å². The van der Waals surface area contributed by atoms with E-state index in [1.807, 2.05) is 0 Å². The maximum absolute atomic E-state index is 15.0. The lowest BCUT2D eigenvalue weighted by Gasteiger charge is -2.35. The fraction of sp³-hybridized carbons (Fsp3) is 0.292. The number of rotatable bonds is 9. The highest BCUT2D eigenvalue weighted by molar-refractivity contribution is 7.71. The van der Waals surface area contributed by atoms with Crippen molar-refractivity contribution < 1.29 is 19.0 Å². The number of benzene rings is 2. The van der Waals surface area contributed by atoms with Crippen molar-refractivity contribution in [3.8, 4) is 6.07 Å². The average molecular weight is 592 g/mol. The van der Waals surface area contributed by atoms with Gasteiger partial charge < -0.3 is 15.1 Å². The molecule has 2 aromatic carbocycles. The number of carbonyl (C=O) groups is 1. The van der Waals surface area contributed by atoms with Gasteiger partial charge in [-0.25, -0.2) is 9.35 Å². The summed E-state index contributed by atoms with van der Waals surface area (Å²) >= 11 is 12.2. The first kappa shape index (κ1) is 28.5. The van der Waals surface area contributed by atoms with Gasteiger partial charge in [-0.15, -0.1) is 0 Å². The van der Waals surface area contributed by atoms with Crippen LogP contribution in [0.5, 0.6) is 0 Å². The van der Waals surface area contributed by atoms with Gasteiger partial charge >= 0.3 is 0 Å². The second-order valence-corrected chi connectivity index (χ2v) is 11.8. The van der Waals surface area contributed by atoms with E-state index < -0.39 is 18.3 Å². The first-order valence-corrected chi connectivity index (χ1v) is 14.2. The molecule has 1 fully saturated rings. The molecule has 0 bridgehead atoms. The number of ether oxygens (including phenoxy) is 1. The predicted octanol–water partition coefficient (Wildman–Crippen LogP) is 4.84. The summed E-state index contributed by atoms with van der Waals surface area (Å²) in [4.78, 5) is 23.9. The zero-order valence-electron chi connectivity index (χ0n) is 20.8. The van der Waals surface area contributed by atoms with Crippen LogP contribution in [0.3, 0.4) is 0 Å². The topological polar surface area (TPSA) is 155 Å². The zero-order valence-corrected chi connectivity index (χ0v) is 23.2. The summed E-state index contributed by atoms with van der Waals surface area (Å²) < 4.78 is 23.7. The van der Waals surface area contributed by atoms with E-state index in [0.717, 1.165) is 0 Å². The van der Waals surface area contributed by atoms with Gasteiger partial charge in [-0.3, -0.25) is 19.5 Å². The monoisotopic (exact) mass is 591 g/mol. The van der Waals surface area contributed by atoms with Gasteiger partial charge in [0, 0.05) is 35.9 Å². The molecule has 0 unspecified atom stereocenters. The molecule has 39 heavy (non-hydrogen) atoms. The minimum absolute atomic E-state index is 0.0861. The van der Waals surface area contributed by atoms with Crippen molar-refractivity contribution in [3.63, 3.8) is 0 Å². The Morgan fingerprint density at radius 2 is 1.92 bits per heavy atom. The summed E-state index contributed by atoms with van der Waals surface area (Å²) in [5.41, 5.74) is 0.768. The molecule has 0 spiro atoms. The lowest BCUT2D eigenvalue weighted by Crippen LogP contribution is -2.40. The van der Waals surface area contributed by atoms with E-state index in [2.05, 4.69) is 21.6 Å². The van der Waals surface area contributed by atoms with Crippen LogP contribution in [0, 0.1) is 28.4 Å². The van der Waals surface area contributed by atoms with E-state index >= 15 is 4.57 Å². The number of nitro benzene ring substituents is 1. The molecule has 3 aromatic rings. The number of anilines is 2. The SMILES string of the molecule is Cc1nn(CCC#N)c(NC(=O)c2ccc(Cl)cc2Cl)c1[P@@](=O)(Nc1ccc([N+](=O)[O-])cc1)N1CCOCC1. The maximum Gasteiger partial charge on any atom is 0.272 e. The zero-order chi connectivity index (χ0) is 28.2. The molecule has 1 atom stereocenters. The second kappa shape index (κ2) is 12.2.